The maximum absolute atomic E-state index is 13.1. The van der Waals surface area contributed by atoms with Crippen molar-refractivity contribution in [3.8, 4) is 0 Å². The summed E-state index contributed by atoms with van der Waals surface area (Å²) in [7, 11) is 0. The van der Waals surface area contributed by atoms with Gasteiger partial charge in [-0.15, -0.1) is 0 Å². The van der Waals surface area contributed by atoms with Crippen molar-refractivity contribution in [1.29, 1.82) is 0 Å². The second-order valence-corrected chi connectivity index (χ2v) is 9.34. The fourth-order valence-electron chi connectivity index (χ4n) is 6.68. The monoisotopic (exact) mass is 346 g/mol. The Morgan fingerprint density at radius 1 is 1.16 bits per heavy atom. The molecule has 4 aliphatic rings. The second kappa shape index (κ2) is 5.67. The third-order valence-corrected chi connectivity index (χ3v) is 8.18. The smallest absolute Gasteiger partial charge is 0.302 e. The average Bonchev–Trinajstić information content (AvgIpc) is 2.84. The highest BCUT2D eigenvalue weighted by atomic mass is 16.5. The highest BCUT2D eigenvalue weighted by Gasteiger charge is 2.60. The topological polar surface area (TPSA) is 63.6 Å². The Bertz CT molecular complexity index is 638. The van der Waals surface area contributed by atoms with Gasteiger partial charge in [0, 0.05) is 19.3 Å². The molecular weight excluding hydrogens is 316 g/mol. The number of aliphatic hydroxyl groups excluding tert-OH is 1. The number of ether oxygens (including phenoxy) is 1. The molecule has 4 aliphatic carbocycles. The summed E-state index contributed by atoms with van der Waals surface area (Å²) in [4.78, 5) is 24.4. The number of ketones is 1. The molecule has 0 spiro atoms. The molecule has 0 aromatic heterocycles. The number of hydrogen-bond donors (Lipinski definition) is 1. The molecule has 0 aromatic rings. The van der Waals surface area contributed by atoms with Gasteiger partial charge in [0.15, 0.2) is 5.78 Å². The SMILES string of the molecule is CC(=O)O[C@H]1CC[C@@]2(C)C(=CC(=O)[C@H]3[C@@H]4CC[C@H](O)[C@@]4(C)CC[C@@H]32)C1. The first-order valence-electron chi connectivity index (χ1n) is 9.86. The third kappa shape index (κ3) is 2.43. The normalized spacial score (nSPS) is 48.9. The van der Waals surface area contributed by atoms with Crippen LogP contribution in [0.2, 0.25) is 0 Å². The molecule has 25 heavy (non-hydrogen) atoms. The predicted molar refractivity (Wildman–Crippen MR) is 93.7 cm³/mol. The summed E-state index contributed by atoms with van der Waals surface area (Å²) >= 11 is 0. The van der Waals surface area contributed by atoms with E-state index in [4.69, 9.17) is 4.74 Å². The lowest BCUT2D eigenvalue weighted by Gasteiger charge is -2.56. The van der Waals surface area contributed by atoms with Crippen LogP contribution in [0.25, 0.3) is 0 Å². The molecule has 0 amide bonds. The van der Waals surface area contributed by atoms with E-state index < -0.39 is 0 Å². The van der Waals surface area contributed by atoms with Gasteiger partial charge in [-0.2, -0.15) is 0 Å². The summed E-state index contributed by atoms with van der Waals surface area (Å²) in [5.74, 6) is 0.778. The van der Waals surface area contributed by atoms with E-state index >= 15 is 0 Å². The molecule has 0 aliphatic heterocycles. The van der Waals surface area contributed by atoms with Crippen LogP contribution in [-0.4, -0.2) is 29.1 Å². The number of hydrogen-bond acceptors (Lipinski definition) is 4. The van der Waals surface area contributed by atoms with E-state index in [2.05, 4.69) is 13.8 Å². The molecule has 0 aromatic carbocycles. The van der Waals surface area contributed by atoms with Gasteiger partial charge in [-0.05, 0) is 67.3 Å². The molecule has 7 atom stereocenters. The minimum absolute atomic E-state index is 0.0457. The van der Waals surface area contributed by atoms with Crippen LogP contribution >= 0.6 is 0 Å². The number of aliphatic hydroxyl groups is 1. The van der Waals surface area contributed by atoms with Crippen molar-refractivity contribution < 1.29 is 19.4 Å². The number of esters is 1. The third-order valence-electron chi connectivity index (χ3n) is 8.18. The number of rotatable bonds is 1. The Hall–Kier alpha value is -1.16. The van der Waals surface area contributed by atoms with Crippen LogP contribution in [0.15, 0.2) is 11.6 Å². The van der Waals surface area contributed by atoms with Crippen LogP contribution in [0.4, 0.5) is 0 Å². The van der Waals surface area contributed by atoms with Crippen molar-refractivity contribution in [2.75, 3.05) is 0 Å². The summed E-state index contributed by atoms with van der Waals surface area (Å²) in [6, 6.07) is 0. The maximum Gasteiger partial charge on any atom is 0.302 e. The molecule has 138 valence electrons. The molecule has 4 rings (SSSR count). The van der Waals surface area contributed by atoms with Crippen LogP contribution in [0, 0.1) is 28.6 Å². The zero-order valence-electron chi connectivity index (χ0n) is 15.6. The first-order chi connectivity index (χ1) is 11.8. The van der Waals surface area contributed by atoms with Crippen molar-refractivity contribution in [1.82, 2.24) is 0 Å². The molecule has 4 nitrogen and oxygen atoms in total. The van der Waals surface area contributed by atoms with Gasteiger partial charge in [0.25, 0.3) is 0 Å². The molecular formula is C21H30O4. The molecule has 0 unspecified atom stereocenters. The number of fused-ring (bicyclic) bond motifs is 5. The van der Waals surface area contributed by atoms with Gasteiger partial charge in [-0.25, -0.2) is 0 Å². The summed E-state index contributed by atoms with van der Waals surface area (Å²) in [6.45, 7) is 5.97. The molecule has 4 heteroatoms. The number of carbonyl (C=O) groups excluding carboxylic acids is 2. The minimum Gasteiger partial charge on any atom is -0.462 e. The van der Waals surface area contributed by atoms with Gasteiger partial charge >= 0.3 is 5.97 Å². The number of carbonyl (C=O) groups is 2. The Kier molecular flexibility index (Phi) is 3.91. The maximum atomic E-state index is 13.1. The first-order valence-corrected chi connectivity index (χ1v) is 9.86. The van der Waals surface area contributed by atoms with Crippen molar-refractivity contribution in [2.45, 2.75) is 77.9 Å². The fourth-order valence-corrected chi connectivity index (χ4v) is 6.68. The van der Waals surface area contributed by atoms with E-state index in [1.165, 1.54) is 12.5 Å². The molecule has 1 N–H and O–H groups in total. The molecule has 0 bridgehead atoms. The molecule has 3 saturated carbocycles. The molecule has 0 heterocycles. The standard InChI is InChI=1S/C21H30O4/c1-12(22)25-14-6-8-20(2)13(10-14)11-17(23)19-15-4-5-18(24)21(15,3)9-7-16(19)20/h11,14-16,18-19,24H,4-10H2,1-3H3/t14-,15-,16-,18-,19-,20-,21-/m0/s1. The van der Waals surface area contributed by atoms with Crippen LogP contribution in [0.5, 0.6) is 0 Å². The lowest BCUT2D eigenvalue weighted by molar-refractivity contribution is -0.149. The van der Waals surface area contributed by atoms with E-state index in [9.17, 15) is 14.7 Å². The fraction of sp³-hybridized carbons (Fsp3) is 0.810. The van der Waals surface area contributed by atoms with Crippen molar-refractivity contribution in [2.24, 2.45) is 28.6 Å². The lowest BCUT2D eigenvalue weighted by Crippen LogP contribution is -2.54. The van der Waals surface area contributed by atoms with Gasteiger partial charge in [0.2, 0.25) is 0 Å². The van der Waals surface area contributed by atoms with Gasteiger partial charge in [0.05, 0.1) is 6.10 Å². The largest absolute Gasteiger partial charge is 0.462 e. The zero-order chi connectivity index (χ0) is 18.0. The quantitative estimate of drug-likeness (QED) is 0.739. The van der Waals surface area contributed by atoms with Crippen molar-refractivity contribution >= 4 is 11.8 Å². The Balaban J connectivity index is 1.65. The average molecular weight is 346 g/mol. The summed E-state index contributed by atoms with van der Waals surface area (Å²) in [6.07, 6.45) is 7.96. The van der Waals surface area contributed by atoms with Crippen LogP contribution in [-0.2, 0) is 14.3 Å². The summed E-state index contributed by atoms with van der Waals surface area (Å²) in [5, 5.41) is 10.5. The predicted octanol–water partition coefficient (Wildman–Crippen LogP) is 3.42. The first kappa shape index (κ1) is 17.3. The Labute approximate surface area is 150 Å². The summed E-state index contributed by atoms with van der Waals surface area (Å²) in [5.41, 5.74) is 1.15. The highest BCUT2D eigenvalue weighted by molar-refractivity contribution is 5.94. The van der Waals surface area contributed by atoms with Gasteiger partial charge < -0.3 is 9.84 Å². The van der Waals surface area contributed by atoms with Gasteiger partial charge in [0.1, 0.15) is 6.10 Å². The summed E-state index contributed by atoms with van der Waals surface area (Å²) < 4.78 is 5.43. The van der Waals surface area contributed by atoms with Crippen LogP contribution < -0.4 is 0 Å². The molecule has 0 radical (unpaired) electrons. The Morgan fingerprint density at radius 2 is 1.92 bits per heavy atom. The van der Waals surface area contributed by atoms with E-state index in [0.717, 1.165) is 38.5 Å². The second-order valence-electron chi connectivity index (χ2n) is 9.34. The zero-order valence-corrected chi connectivity index (χ0v) is 15.6. The van der Waals surface area contributed by atoms with E-state index in [-0.39, 0.29) is 40.7 Å². The van der Waals surface area contributed by atoms with E-state index in [1.54, 1.807) is 0 Å². The molecule has 0 saturated heterocycles. The highest BCUT2D eigenvalue weighted by Crippen LogP contribution is 2.64. The van der Waals surface area contributed by atoms with Crippen molar-refractivity contribution in [3.05, 3.63) is 11.6 Å². The molecule has 3 fully saturated rings. The van der Waals surface area contributed by atoms with Gasteiger partial charge in [-0.1, -0.05) is 19.4 Å². The minimum atomic E-state index is -0.260. The van der Waals surface area contributed by atoms with Gasteiger partial charge in [-0.3, -0.25) is 9.59 Å². The van der Waals surface area contributed by atoms with Crippen LogP contribution in [0.3, 0.4) is 0 Å². The van der Waals surface area contributed by atoms with Crippen LogP contribution in [0.1, 0.15) is 65.7 Å². The Morgan fingerprint density at radius 3 is 2.64 bits per heavy atom. The van der Waals surface area contributed by atoms with E-state index in [1.807, 2.05) is 6.08 Å². The lowest BCUT2D eigenvalue weighted by atomic mass is 9.47. The van der Waals surface area contributed by atoms with Crippen molar-refractivity contribution in [3.63, 3.8) is 0 Å². The number of allylic oxidation sites excluding steroid dienone is 1. The van der Waals surface area contributed by atoms with E-state index in [0.29, 0.717) is 18.3 Å².